The average Bonchev–Trinajstić information content (AvgIpc) is 2.55. The predicted octanol–water partition coefficient (Wildman–Crippen LogP) is 3.66. The summed E-state index contributed by atoms with van der Waals surface area (Å²) in [6.07, 6.45) is 2.65. The van der Waals surface area contributed by atoms with E-state index in [4.69, 9.17) is 0 Å². The Bertz CT molecular complexity index is 552. The van der Waals surface area contributed by atoms with Gasteiger partial charge in [-0.3, -0.25) is 4.79 Å². The molecule has 1 amide bonds. The fourth-order valence-corrected chi connectivity index (χ4v) is 3.20. The van der Waals surface area contributed by atoms with Crippen LogP contribution in [0.5, 0.6) is 5.75 Å². The van der Waals surface area contributed by atoms with Gasteiger partial charge in [-0.25, -0.2) is 0 Å². The molecule has 0 aliphatic carbocycles. The van der Waals surface area contributed by atoms with Crippen LogP contribution in [0.15, 0.2) is 18.2 Å². The molecule has 0 aromatic heterocycles. The second-order valence-electron chi connectivity index (χ2n) is 6.54. The maximum Gasteiger partial charge on any atom is 0.387 e. The van der Waals surface area contributed by atoms with Gasteiger partial charge in [-0.1, -0.05) is 24.6 Å². The minimum atomic E-state index is -2.87. The zero-order valence-electron chi connectivity index (χ0n) is 14.7. The van der Waals surface area contributed by atoms with E-state index in [9.17, 15) is 13.6 Å². The van der Waals surface area contributed by atoms with Crippen LogP contribution < -0.4 is 15.4 Å². The standard InChI is InChI=1S/C18H26F2N2O2.ClH/c1-12-3-4-16(24-18(19)20)15(9-12)11-22-17(23)10-13(2)14-5-7-21-8-6-14;/h3-4,9,13-14,18,21H,5-8,10-11H2,1-2H3,(H,22,23);1H. The highest BCUT2D eigenvalue weighted by Crippen LogP contribution is 2.25. The minimum absolute atomic E-state index is 0. The number of alkyl halides is 2. The largest absolute Gasteiger partial charge is 0.434 e. The molecule has 1 aliphatic heterocycles. The summed E-state index contributed by atoms with van der Waals surface area (Å²) in [5, 5.41) is 6.15. The molecule has 0 bridgehead atoms. The summed E-state index contributed by atoms with van der Waals surface area (Å²) in [4.78, 5) is 12.2. The molecule has 0 spiro atoms. The molecule has 1 aromatic rings. The first-order valence-electron chi connectivity index (χ1n) is 8.47. The predicted molar refractivity (Wildman–Crippen MR) is 96.3 cm³/mol. The molecule has 1 aliphatic rings. The van der Waals surface area contributed by atoms with E-state index in [0.29, 0.717) is 23.8 Å². The lowest BCUT2D eigenvalue weighted by Crippen LogP contribution is -2.33. The van der Waals surface area contributed by atoms with Crippen molar-refractivity contribution in [3.63, 3.8) is 0 Å². The Morgan fingerprint density at radius 1 is 1.36 bits per heavy atom. The van der Waals surface area contributed by atoms with Crippen molar-refractivity contribution >= 4 is 18.3 Å². The second-order valence-corrected chi connectivity index (χ2v) is 6.54. The van der Waals surface area contributed by atoms with Crippen LogP contribution in [0.2, 0.25) is 0 Å². The number of piperidine rings is 1. The molecule has 142 valence electrons. The van der Waals surface area contributed by atoms with Crippen LogP contribution in [0.4, 0.5) is 8.78 Å². The third-order valence-corrected chi connectivity index (χ3v) is 4.60. The molecule has 0 saturated carbocycles. The Morgan fingerprint density at radius 3 is 2.68 bits per heavy atom. The Hall–Kier alpha value is -1.40. The van der Waals surface area contributed by atoms with E-state index < -0.39 is 6.61 Å². The van der Waals surface area contributed by atoms with Gasteiger partial charge in [0.15, 0.2) is 0 Å². The van der Waals surface area contributed by atoms with Crippen LogP contribution in [0.1, 0.15) is 37.3 Å². The number of benzene rings is 1. The minimum Gasteiger partial charge on any atom is -0.434 e. The van der Waals surface area contributed by atoms with Crippen molar-refractivity contribution in [2.45, 2.75) is 46.3 Å². The summed E-state index contributed by atoms with van der Waals surface area (Å²) in [6, 6.07) is 4.98. The SMILES string of the molecule is Cc1ccc(OC(F)F)c(CNC(=O)CC(C)C2CCNCC2)c1.Cl. The zero-order valence-corrected chi connectivity index (χ0v) is 15.5. The molecule has 2 N–H and O–H groups in total. The van der Waals surface area contributed by atoms with E-state index in [1.807, 2.05) is 6.92 Å². The number of aryl methyl sites for hydroxylation is 1. The Kier molecular flexibility index (Phi) is 9.14. The molecule has 1 aromatic carbocycles. The molecule has 25 heavy (non-hydrogen) atoms. The first-order chi connectivity index (χ1) is 11.5. The molecular formula is C18H27ClF2N2O2. The van der Waals surface area contributed by atoms with Gasteiger partial charge < -0.3 is 15.4 Å². The molecule has 2 rings (SSSR count). The van der Waals surface area contributed by atoms with Crippen LogP contribution >= 0.6 is 12.4 Å². The summed E-state index contributed by atoms with van der Waals surface area (Å²) >= 11 is 0. The Labute approximate surface area is 154 Å². The van der Waals surface area contributed by atoms with E-state index in [1.165, 1.54) is 6.07 Å². The quantitative estimate of drug-likeness (QED) is 0.763. The van der Waals surface area contributed by atoms with Gasteiger partial charge in [0.1, 0.15) is 5.75 Å². The highest BCUT2D eigenvalue weighted by Gasteiger charge is 2.22. The number of hydrogen-bond donors (Lipinski definition) is 2. The van der Waals surface area contributed by atoms with Crippen molar-refractivity contribution in [1.82, 2.24) is 10.6 Å². The van der Waals surface area contributed by atoms with Crippen molar-refractivity contribution in [3.05, 3.63) is 29.3 Å². The van der Waals surface area contributed by atoms with Gasteiger partial charge in [-0.05, 0) is 50.8 Å². The Balaban J connectivity index is 0.00000312. The number of nitrogens with one attached hydrogen (secondary N) is 2. The zero-order chi connectivity index (χ0) is 17.5. The van der Waals surface area contributed by atoms with Gasteiger partial charge in [-0.15, -0.1) is 12.4 Å². The van der Waals surface area contributed by atoms with Crippen LogP contribution in [-0.4, -0.2) is 25.6 Å². The molecule has 1 saturated heterocycles. The lowest BCUT2D eigenvalue weighted by Gasteiger charge is -2.27. The monoisotopic (exact) mass is 376 g/mol. The van der Waals surface area contributed by atoms with E-state index in [2.05, 4.69) is 22.3 Å². The molecule has 4 nitrogen and oxygen atoms in total. The van der Waals surface area contributed by atoms with Crippen molar-refractivity contribution in [2.24, 2.45) is 11.8 Å². The van der Waals surface area contributed by atoms with E-state index in [-0.39, 0.29) is 30.6 Å². The van der Waals surface area contributed by atoms with Crippen molar-refractivity contribution < 1.29 is 18.3 Å². The number of amides is 1. The van der Waals surface area contributed by atoms with Gasteiger partial charge in [-0.2, -0.15) is 8.78 Å². The lowest BCUT2D eigenvalue weighted by molar-refractivity contribution is -0.122. The number of carbonyl (C=O) groups excluding carboxylic acids is 1. The smallest absolute Gasteiger partial charge is 0.387 e. The normalized spacial score (nSPS) is 16.2. The van der Waals surface area contributed by atoms with Crippen molar-refractivity contribution in [1.29, 1.82) is 0 Å². The fraction of sp³-hybridized carbons (Fsp3) is 0.611. The van der Waals surface area contributed by atoms with Crippen LogP contribution in [-0.2, 0) is 11.3 Å². The van der Waals surface area contributed by atoms with Crippen LogP contribution in [0.3, 0.4) is 0 Å². The summed E-state index contributed by atoms with van der Waals surface area (Å²) in [5.41, 5.74) is 1.50. The van der Waals surface area contributed by atoms with Gasteiger partial charge >= 0.3 is 6.61 Å². The number of halogens is 3. The average molecular weight is 377 g/mol. The molecule has 7 heteroatoms. The molecule has 1 unspecified atom stereocenters. The van der Waals surface area contributed by atoms with Gasteiger partial charge in [0.2, 0.25) is 5.91 Å². The topological polar surface area (TPSA) is 50.4 Å². The second kappa shape index (κ2) is 10.6. The van der Waals surface area contributed by atoms with E-state index >= 15 is 0 Å². The molecule has 1 fully saturated rings. The fourth-order valence-electron chi connectivity index (χ4n) is 3.20. The molecule has 1 heterocycles. The van der Waals surface area contributed by atoms with Gasteiger partial charge in [0.25, 0.3) is 0 Å². The Morgan fingerprint density at radius 2 is 2.04 bits per heavy atom. The molecule has 0 radical (unpaired) electrons. The third-order valence-electron chi connectivity index (χ3n) is 4.60. The summed E-state index contributed by atoms with van der Waals surface area (Å²) in [5.74, 6) is 0.947. The van der Waals surface area contributed by atoms with E-state index in [1.54, 1.807) is 12.1 Å². The van der Waals surface area contributed by atoms with Crippen molar-refractivity contribution in [3.8, 4) is 5.75 Å². The first kappa shape index (κ1) is 21.6. The number of hydrogen-bond acceptors (Lipinski definition) is 3. The van der Waals surface area contributed by atoms with Gasteiger partial charge in [0, 0.05) is 18.5 Å². The first-order valence-corrected chi connectivity index (χ1v) is 8.47. The van der Waals surface area contributed by atoms with Gasteiger partial charge in [0.05, 0.1) is 0 Å². The van der Waals surface area contributed by atoms with Crippen LogP contribution in [0, 0.1) is 18.8 Å². The summed E-state index contributed by atoms with van der Waals surface area (Å²) in [6.45, 7) is 3.32. The summed E-state index contributed by atoms with van der Waals surface area (Å²) in [7, 11) is 0. The molecule has 1 atom stereocenters. The lowest BCUT2D eigenvalue weighted by atomic mass is 9.84. The summed E-state index contributed by atoms with van der Waals surface area (Å²) < 4.78 is 29.4. The third kappa shape index (κ3) is 7.16. The maximum atomic E-state index is 12.5. The van der Waals surface area contributed by atoms with Crippen LogP contribution in [0.25, 0.3) is 0 Å². The van der Waals surface area contributed by atoms with E-state index in [0.717, 1.165) is 31.5 Å². The number of ether oxygens (including phenoxy) is 1. The maximum absolute atomic E-state index is 12.5. The highest BCUT2D eigenvalue weighted by atomic mass is 35.5. The number of carbonyl (C=O) groups is 1. The molecular weight excluding hydrogens is 350 g/mol. The number of rotatable bonds is 7. The highest BCUT2D eigenvalue weighted by molar-refractivity contribution is 5.85. The van der Waals surface area contributed by atoms with Crippen molar-refractivity contribution in [2.75, 3.05) is 13.1 Å².